The Labute approximate surface area is 286 Å². The minimum atomic E-state index is -4.27. The van der Waals surface area contributed by atoms with Crippen molar-refractivity contribution in [1.29, 1.82) is 0 Å². The molecular weight excluding hydrogens is 665 g/mol. The predicted octanol–water partition coefficient (Wildman–Crippen LogP) is 7.62. The first kappa shape index (κ1) is 35.3. The quantitative estimate of drug-likeness (QED) is 0.165. The second-order valence-electron chi connectivity index (χ2n) is 11.3. The molecule has 0 aromatic heterocycles. The summed E-state index contributed by atoms with van der Waals surface area (Å²) < 4.78 is 29.5. The van der Waals surface area contributed by atoms with Gasteiger partial charge < -0.3 is 10.2 Å². The number of nitrogens with zero attached hydrogens (tertiary/aromatic N) is 2. The van der Waals surface area contributed by atoms with Crippen LogP contribution in [0, 0.1) is 13.8 Å². The van der Waals surface area contributed by atoms with Crippen molar-refractivity contribution in [3.63, 3.8) is 0 Å². The van der Waals surface area contributed by atoms with E-state index in [-0.39, 0.29) is 23.9 Å². The van der Waals surface area contributed by atoms with Crippen molar-refractivity contribution in [2.75, 3.05) is 10.8 Å². The van der Waals surface area contributed by atoms with Crippen molar-refractivity contribution in [3.05, 3.63) is 128 Å². The number of halogens is 3. The van der Waals surface area contributed by atoms with Crippen LogP contribution in [0.1, 0.15) is 36.1 Å². The molecule has 0 heterocycles. The lowest BCUT2D eigenvalue weighted by Gasteiger charge is -2.34. The lowest BCUT2D eigenvalue weighted by atomic mass is 10.0. The second-order valence-corrected chi connectivity index (χ2v) is 14.4. The summed E-state index contributed by atoms with van der Waals surface area (Å²) >= 11 is 19.2. The minimum absolute atomic E-state index is 0.0398. The Morgan fingerprint density at radius 2 is 1.43 bits per heavy atom. The van der Waals surface area contributed by atoms with Crippen molar-refractivity contribution in [2.24, 2.45) is 0 Å². The topological polar surface area (TPSA) is 86.8 Å². The standard InChI is InChI=1S/C35H36Cl3N3O4S/c1-23(2)39-35(43)33(20-26-9-6-5-7-10-26)40(21-30-31(37)11-8-12-32(30)38)34(42)22-41(28-16-13-24(3)25(4)19-28)46(44,45)29-17-14-27(36)15-18-29/h5-19,23,33H,20-22H2,1-4H3,(H,39,43). The number of anilines is 1. The zero-order chi connectivity index (χ0) is 33.6. The highest BCUT2D eigenvalue weighted by atomic mass is 35.5. The molecule has 0 aliphatic heterocycles. The van der Waals surface area contributed by atoms with Crippen molar-refractivity contribution >= 4 is 62.3 Å². The van der Waals surface area contributed by atoms with Crippen molar-refractivity contribution in [3.8, 4) is 0 Å². The molecule has 2 amide bonds. The minimum Gasteiger partial charge on any atom is -0.352 e. The van der Waals surface area contributed by atoms with Crippen molar-refractivity contribution in [2.45, 2.75) is 57.6 Å². The number of aryl methyl sites for hydroxylation is 2. The first-order valence-electron chi connectivity index (χ1n) is 14.7. The number of hydrogen-bond donors (Lipinski definition) is 1. The summed E-state index contributed by atoms with van der Waals surface area (Å²) in [6.45, 7) is 6.70. The molecule has 0 radical (unpaired) electrons. The van der Waals surface area contributed by atoms with Crippen LogP contribution in [0.5, 0.6) is 0 Å². The zero-order valence-corrected chi connectivity index (χ0v) is 29.1. The molecule has 0 saturated heterocycles. The maximum Gasteiger partial charge on any atom is 0.264 e. The highest BCUT2D eigenvalue weighted by Gasteiger charge is 2.35. The average Bonchev–Trinajstić information content (AvgIpc) is 3.00. The molecule has 1 unspecified atom stereocenters. The summed E-state index contributed by atoms with van der Waals surface area (Å²) in [5.74, 6) is -1.01. The fraction of sp³-hybridized carbons (Fsp3) is 0.257. The summed E-state index contributed by atoms with van der Waals surface area (Å²) in [6.07, 6.45) is 0.167. The molecule has 0 saturated carbocycles. The highest BCUT2D eigenvalue weighted by Crippen LogP contribution is 2.30. The molecule has 11 heteroatoms. The number of carbonyl (C=O) groups is 2. The Hall–Kier alpha value is -3.56. The van der Waals surface area contributed by atoms with Crippen LogP contribution in [-0.4, -0.2) is 43.8 Å². The van der Waals surface area contributed by atoms with Gasteiger partial charge in [-0.2, -0.15) is 0 Å². The smallest absolute Gasteiger partial charge is 0.264 e. The molecule has 4 rings (SSSR count). The van der Waals surface area contributed by atoms with E-state index in [0.29, 0.717) is 26.3 Å². The van der Waals surface area contributed by atoms with E-state index in [1.54, 1.807) is 36.4 Å². The number of benzene rings is 4. The molecule has 0 spiro atoms. The Bertz CT molecular complexity index is 1780. The van der Waals surface area contributed by atoms with Crippen LogP contribution in [0.3, 0.4) is 0 Å². The van der Waals surface area contributed by atoms with Crippen molar-refractivity contribution in [1.82, 2.24) is 10.2 Å². The largest absolute Gasteiger partial charge is 0.352 e. The number of rotatable bonds is 12. The van der Waals surface area contributed by atoms with Crippen LogP contribution in [0.15, 0.2) is 95.9 Å². The van der Waals surface area contributed by atoms with Gasteiger partial charge in [0.1, 0.15) is 12.6 Å². The third-order valence-electron chi connectivity index (χ3n) is 7.55. The Balaban J connectivity index is 1.86. The fourth-order valence-corrected chi connectivity index (χ4v) is 6.98. The first-order chi connectivity index (χ1) is 21.8. The Kier molecular flexibility index (Phi) is 11.8. The molecule has 7 nitrogen and oxygen atoms in total. The molecule has 1 atom stereocenters. The number of hydrogen-bond acceptors (Lipinski definition) is 4. The number of nitrogens with one attached hydrogen (secondary N) is 1. The van der Waals surface area contributed by atoms with E-state index in [0.717, 1.165) is 21.0 Å². The molecule has 4 aromatic rings. The van der Waals surface area contributed by atoms with Crippen LogP contribution in [0.4, 0.5) is 5.69 Å². The predicted molar refractivity (Wildman–Crippen MR) is 186 cm³/mol. The van der Waals surface area contributed by atoms with Crippen molar-refractivity contribution < 1.29 is 18.0 Å². The molecule has 4 aromatic carbocycles. The molecule has 0 aliphatic carbocycles. The summed E-state index contributed by atoms with van der Waals surface area (Å²) in [7, 11) is -4.27. The zero-order valence-electron chi connectivity index (χ0n) is 26.0. The van der Waals surface area contributed by atoms with Crippen LogP contribution < -0.4 is 9.62 Å². The molecule has 0 bridgehead atoms. The van der Waals surface area contributed by atoms with Gasteiger partial charge in [0, 0.05) is 39.6 Å². The van der Waals surface area contributed by atoms with Crippen LogP contribution >= 0.6 is 34.8 Å². The normalized spacial score (nSPS) is 12.1. The number of carbonyl (C=O) groups excluding carboxylic acids is 2. The van der Waals surface area contributed by atoms with Gasteiger partial charge in [-0.05, 0) is 92.9 Å². The van der Waals surface area contributed by atoms with Gasteiger partial charge in [-0.3, -0.25) is 13.9 Å². The van der Waals surface area contributed by atoms with Crippen LogP contribution in [-0.2, 0) is 32.6 Å². The van der Waals surface area contributed by atoms with Gasteiger partial charge in [0.05, 0.1) is 10.6 Å². The van der Waals surface area contributed by atoms with E-state index in [1.807, 2.05) is 58.0 Å². The maximum atomic E-state index is 14.6. The van der Waals surface area contributed by atoms with Gasteiger partial charge in [0.25, 0.3) is 10.0 Å². The van der Waals surface area contributed by atoms with Gasteiger partial charge in [-0.15, -0.1) is 0 Å². The molecule has 0 fully saturated rings. The maximum absolute atomic E-state index is 14.6. The number of amides is 2. The Morgan fingerprint density at radius 1 is 0.804 bits per heavy atom. The van der Waals surface area contributed by atoms with E-state index >= 15 is 0 Å². The SMILES string of the molecule is Cc1ccc(N(CC(=O)N(Cc2c(Cl)cccc2Cl)C(Cc2ccccc2)C(=O)NC(C)C)S(=O)(=O)c2ccc(Cl)cc2)cc1C. The number of sulfonamides is 1. The molecular formula is C35H36Cl3N3O4S. The summed E-state index contributed by atoms with van der Waals surface area (Å²) in [5, 5.41) is 3.93. The van der Waals surface area contributed by atoms with E-state index in [1.165, 1.54) is 29.2 Å². The third kappa shape index (κ3) is 8.62. The van der Waals surface area contributed by atoms with Gasteiger partial charge >= 0.3 is 0 Å². The lowest BCUT2D eigenvalue weighted by Crippen LogP contribution is -2.54. The van der Waals surface area contributed by atoms with E-state index < -0.39 is 34.4 Å². The van der Waals surface area contributed by atoms with E-state index in [4.69, 9.17) is 34.8 Å². The summed E-state index contributed by atoms with van der Waals surface area (Å²) in [4.78, 5) is 29.8. The summed E-state index contributed by atoms with van der Waals surface area (Å²) in [5.41, 5.74) is 3.36. The highest BCUT2D eigenvalue weighted by molar-refractivity contribution is 7.92. The van der Waals surface area contributed by atoms with Crippen LogP contribution in [0.2, 0.25) is 15.1 Å². The fourth-order valence-electron chi connectivity index (χ4n) is 4.93. The van der Waals surface area contributed by atoms with Gasteiger partial charge in [0.15, 0.2) is 0 Å². The van der Waals surface area contributed by atoms with Gasteiger partial charge in [-0.25, -0.2) is 8.42 Å². The monoisotopic (exact) mass is 699 g/mol. The first-order valence-corrected chi connectivity index (χ1v) is 17.3. The molecule has 242 valence electrons. The molecule has 0 aliphatic rings. The summed E-state index contributed by atoms with van der Waals surface area (Å²) in [6, 6.07) is 24.0. The van der Waals surface area contributed by atoms with E-state index in [9.17, 15) is 18.0 Å². The van der Waals surface area contributed by atoms with E-state index in [2.05, 4.69) is 5.32 Å². The second kappa shape index (κ2) is 15.4. The molecule has 1 N–H and O–H groups in total. The van der Waals surface area contributed by atoms with Gasteiger partial charge in [-0.1, -0.05) is 77.3 Å². The Morgan fingerprint density at radius 3 is 2.02 bits per heavy atom. The van der Waals surface area contributed by atoms with Gasteiger partial charge in [0.2, 0.25) is 11.8 Å². The lowest BCUT2D eigenvalue weighted by molar-refractivity contribution is -0.140. The van der Waals surface area contributed by atoms with Crippen LogP contribution in [0.25, 0.3) is 0 Å². The molecule has 46 heavy (non-hydrogen) atoms. The third-order valence-corrected chi connectivity index (χ3v) is 10.3. The average molecular weight is 701 g/mol.